The smallest absolute Gasteiger partial charge is 0.323 e. The van der Waals surface area contributed by atoms with Crippen molar-refractivity contribution in [2.24, 2.45) is 0 Å². The Morgan fingerprint density at radius 2 is 1.90 bits per heavy atom. The highest BCUT2D eigenvalue weighted by atomic mass is 32.2. The van der Waals surface area contributed by atoms with Crippen molar-refractivity contribution in [2.45, 2.75) is 18.9 Å². The Morgan fingerprint density at radius 3 is 2.72 bits per heavy atom. The second kappa shape index (κ2) is 9.05. The van der Waals surface area contributed by atoms with Crippen LogP contribution in [0.4, 0.5) is 10.5 Å². The first-order valence-corrected chi connectivity index (χ1v) is 10.8. The maximum Gasteiger partial charge on any atom is 0.323 e. The number of nitrogens with zero attached hydrogens (tertiary/aromatic N) is 1. The lowest BCUT2D eigenvalue weighted by Gasteiger charge is -2.25. The molecule has 0 spiro atoms. The summed E-state index contributed by atoms with van der Waals surface area (Å²) in [5.74, 6) is 1.74. The fourth-order valence-electron chi connectivity index (χ4n) is 3.37. The van der Waals surface area contributed by atoms with Gasteiger partial charge in [-0.3, -0.25) is 0 Å². The first-order valence-electron chi connectivity index (χ1n) is 9.71. The third-order valence-corrected chi connectivity index (χ3v) is 6.07. The van der Waals surface area contributed by atoms with Gasteiger partial charge in [0.25, 0.3) is 0 Å². The third kappa shape index (κ3) is 4.93. The molecule has 0 aromatic heterocycles. The van der Waals surface area contributed by atoms with Crippen LogP contribution in [0.15, 0.2) is 78.9 Å². The minimum Gasteiger partial charge on any atom is -0.489 e. The number of anilines is 1. The van der Waals surface area contributed by atoms with Gasteiger partial charge in [-0.2, -0.15) is 0 Å². The highest BCUT2D eigenvalue weighted by Gasteiger charge is 2.31. The lowest BCUT2D eigenvalue weighted by atomic mass is 10.2. The highest BCUT2D eigenvalue weighted by molar-refractivity contribution is 7.99. The lowest BCUT2D eigenvalue weighted by molar-refractivity contribution is 0.214. The number of nitrogens with one attached hydrogen (secondary N) is 1. The van der Waals surface area contributed by atoms with Gasteiger partial charge in [0.1, 0.15) is 17.7 Å². The number of hydrogen-bond donors (Lipinski definition) is 1. The monoisotopic (exact) mass is 404 g/mol. The molecule has 148 valence electrons. The number of carbonyl (C=O) groups excluding carboxylic acids is 1. The van der Waals surface area contributed by atoms with Gasteiger partial charge in [-0.25, -0.2) is 4.79 Å². The van der Waals surface area contributed by atoms with Gasteiger partial charge in [0.05, 0.1) is 0 Å². The molecule has 1 fully saturated rings. The molecular weight excluding hydrogens is 380 g/mol. The molecular formula is C24H24N2O2S. The summed E-state index contributed by atoms with van der Waals surface area (Å²) in [4.78, 5) is 14.8. The molecule has 4 rings (SSSR count). The van der Waals surface area contributed by atoms with Crippen molar-refractivity contribution in [1.82, 2.24) is 4.90 Å². The fraction of sp³-hybridized carbons (Fsp3) is 0.208. The molecule has 0 bridgehead atoms. The van der Waals surface area contributed by atoms with E-state index in [4.69, 9.17) is 4.74 Å². The van der Waals surface area contributed by atoms with Crippen LogP contribution < -0.4 is 10.1 Å². The van der Waals surface area contributed by atoms with Gasteiger partial charge < -0.3 is 15.0 Å². The maximum atomic E-state index is 12.9. The topological polar surface area (TPSA) is 41.6 Å². The van der Waals surface area contributed by atoms with Crippen LogP contribution in [0, 0.1) is 6.92 Å². The zero-order valence-electron chi connectivity index (χ0n) is 16.4. The molecule has 5 heteroatoms. The summed E-state index contributed by atoms with van der Waals surface area (Å²) in [5, 5.41) is 3.01. The number of thioether (sulfide) groups is 1. The zero-order chi connectivity index (χ0) is 20.1. The van der Waals surface area contributed by atoms with Crippen molar-refractivity contribution in [3.63, 3.8) is 0 Å². The first kappa shape index (κ1) is 19.4. The molecule has 3 aromatic carbocycles. The Kier molecular flexibility index (Phi) is 6.06. The quantitative estimate of drug-likeness (QED) is 0.580. The summed E-state index contributed by atoms with van der Waals surface area (Å²) >= 11 is 1.78. The molecule has 0 unspecified atom stereocenters. The van der Waals surface area contributed by atoms with Crippen LogP contribution in [-0.2, 0) is 6.61 Å². The molecule has 3 aromatic rings. The van der Waals surface area contributed by atoms with Gasteiger partial charge in [0, 0.05) is 18.0 Å². The van der Waals surface area contributed by atoms with Gasteiger partial charge in [0.15, 0.2) is 0 Å². The SMILES string of the molecule is Cc1cccc(NC(=O)N2CCS[C@@H]2c2cccc(OCc3ccccc3)c2)c1. The Balaban J connectivity index is 1.44. The van der Waals surface area contributed by atoms with Crippen molar-refractivity contribution in [3.8, 4) is 5.75 Å². The van der Waals surface area contributed by atoms with Crippen LogP contribution in [0.2, 0.25) is 0 Å². The van der Waals surface area contributed by atoms with Crippen LogP contribution in [0.1, 0.15) is 22.1 Å². The second-order valence-electron chi connectivity index (χ2n) is 7.06. The summed E-state index contributed by atoms with van der Waals surface area (Å²) in [6.45, 7) is 3.27. The van der Waals surface area contributed by atoms with Crippen molar-refractivity contribution in [1.29, 1.82) is 0 Å². The fourth-order valence-corrected chi connectivity index (χ4v) is 4.62. The van der Waals surface area contributed by atoms with Gasteiger partial charge in [-0.15, -0.1) is 11.8 Å². The van der Waals surface area contributed by atoms with E-state index in [-0.39, 0.29) is 11.4 Å². The second-order valence-corrected chi connectivity index (χ2v) is 8.25. The molecule has 0 saturated carbocycles. The van der Waals surface area contributed by atoms with Crippen molar-refractivity contribution in [2.75, 3.05) is 17.6 Å². The summed E-state index contributed by atoms with van der Waals surface area (Å²) < 4.78 is 5.97. The van der Waals surface area contributed by atoms with E-state index in [0.29, 0.717) is 6.61 Å². The predicted molar refractivity (Wildman–Crippen MR) is 119 cm³/mol. The molecule has 1 heterocycles. The Bertz CT molecular complexity index is 977. The van der Waals surface area contributed by atoms with Crippen molar-refractivity contribution in [3.05, 3.63) is 95.6 Å². The average molecular weight is 405 g/mol. The number of aryl methyl sites for hydroxylation is 1. The number of hydrogen-bond acceptors (Lipinski definition) is 3. The van der Waals surface area contributed by atoms with Crippen molar-refractivity contribution >= 4 is 23.5 Å². The van der Waals surface area contributed by atoms with Gasteiger partial charge >= 0.3 is 6.03 Å². The highest BCUT2D eigenvalue weighted by Crippen LogP contribution is 2.39. The van der Waals surface area contributed by atoms with Crippen LogP contribution in [0.3, 0.4) is 0 Å². The molecule has 1 saturated heterocycles. The Hall–Kier alpha value is -2.92. The Labute approximate surface area is 175 Å². The van der Waals surface area contributed by atoms with Gasteiger partial charge in [0.2, 0.25) is 0 Å². The molecule has 29 heavy (non-hydrogen) atoms. The summed E-state index contributed by atoms with van der Waals surface area (Å²) in [6.07, 6.45) is 0. The molecule has 4 nitrogen and oxygen atoms in total. The van der Waals surface area contributed by atoms with E-state index < -0.39 is 0 Å². The number of carbonyl (C=O) groups is 1. The maximum absolute atomic E-state index is 12.9. The van der Waals surface area contributed by atoms with Crippen LogP contribution in [0.25, 0.3) is 0 Å². The number of urea groups is 1. The minimum atomic E-state index is -0.0683. The first-order chi connectivity index (χ1) is 14.2. The standard InChI is InChI=1S/C24H24N2O2S/c1-18-7-5-11-21(15-18)25-24(27)26-13-14-29-23(26)20-10-6-12-22(16-20)28-17-19-8-3-2-4-9-19/h2-12,15-16,23H,13-14,17H2,1H3,(H,25,27)/t23-/m1/s1. The van der Waals surface area contributed by atoms with Crippen molar-refractivity contribution < 1.29 is 9.53 Å². The molecule has 1 aliphatic rings. The molecule has 1 aliphatic heterocycles. The largest absolute Gasteiger partial charge is 0.489 e. The Morgan fingerprint density at radius 1 is 1.07 bits per heavy atom. The predicted octanol–water partition coefficient (Wildman–Crippen LogP) is 5.85. The van der Waals surface area contributed by atoms with Crippen LogP contribution >= 0.6 is 11.8 Å². The molecule has 1 atom stereocenters. The van der Waals surface area contributed by atoms with E-state index in [0.717, 1.165) is 40.4 Å². The third-order valence-electron chi connectivity index (χ3n) is 4.81. The lowest BCUT2D eigenvalue weighted by Crippen LogP contribution is -2.34. The van der Waals surface area contributed by atoms with E-state index in [9.17, 15) is 4.79 Å². The van der Waals surface area contributed by atoms with Crippen LogP contribution in [0.5, 0.6) is 5.75 Å². The van der Waals surface area contributed by atoms with E-state index in [1.807, 2.05) is 84.6 Å². The minimum absolute atomic E-state index is 0.0138. The zero-order valence-corrected chi connectivity index (χ0v) is 17.2. The van der Waals surface area contributed by atoms with E-state index in [1.165, 1.54) is 0 Å². The number of ether oxygens (including phenoxy) is 1. The average Bonchev–Trinajstić information content (AvgIpc) is 3.23. The number of amides is 2. The van der Waals surface area contributed by atoms with Crippen LogP contribution in [-0.4, -0.2) is 23.2 Å². The molecule has 0 radical (unpaired) electrons. The van der Waals surface area contributed by atoms with E-state index in [2.05, 4.69) is 11.4 Å². The number of benzene rings is 3. The molecule has 0 aliphatic carbocycles. The van der Waals surface area contributed by atoms with Gasteiger partial charge in [-0.1, -0.05) is 54.6 Å². The molecule has 1 N–H and O–H groups in total. The molecule has 2 amide bonds. The summed E-state index contributed by atoms with van der Waals surface area (Å²) in [7, 11) is 0. The van der Waals surface area contributed by atoms with Gasteiger partial charge in [-0.05, 0) is 47.9 Å². The summed E-state index contributed by atoms with van der Waals surface area (Å²) in [6, 6.07) is 26.0. The van der Waals surface area contributed by atoms with E-state index in [1.54, 1.807) is 11.8 Å². The van der Waals surface area contributed by atoms with E-state index >= 15 is 0 Å². The normalized spacial score (nSPS) is 15.9. The number of rotatable bonds is 5. The summed E-state index contributed by atoms with van der Waals surface area (Å²) in [5.41, 5.74) is 4.16.